The fraction of sp³-hybridized carbons (Fsp3) is 0.667. The van der Waals surface area contributed by atoms with Crippen molar-refractivity contribution >= 4 is 17.7 Å². The maximum absolute atomic E-state index is 11.4. The first kappa shape index (κ1) is 23.8. The van der Waals surface area contributed by atoms with E-state index in [9.17, 15) is 15.0 Å². The predicted octanol–water partition coefficient (Wildman–Crippen LogP) is 4.25. The first-order chi connectivity index (χ1) is 12.4. The number of aliphatic carboxylic acids is 1. The maximum atomic E-state index is 11.4. The predicted molar refractivity (Wildman–Crippen MR) is 111 cm³/mol. The van der Waals surface area contributed by atoms with Crippen molar-refractivity contribution in [3.8, 4) is 5.75 Å². The fourth-order valence-electron chi connectivity index (χ4n) is 2.83. The molecule has 1 aromatic rings. The molecule has 0 saturated carbocycles. The van der Waals surface area contributed by atoms with Crippen LogP contribution in [0.3, 0.4) is 0 Å². The molecule has 0 amide bonds. The van der Waals surface area contributed by atoms with Crippen molar-refractivity contribution in [2.24, 2.45) is 0 Å². The molecule has 0 aliphatic heterocycles. The second kappa shape index (κ2) is 9.80. The standard InChI is InChI=1S/C21H34O5S/c1-20(2,3)15-11-14(12-16(19(15)25)21(4,5)6)17(13-18(23)24)27-10-9-26-8-7-22/h11-12,17,22,25H,7-10,13H2,1-6H3,(H,23,24). The van der Waals surface area contributed by atoms with E-state index < -0.39 is 5.97 Å². The molecule has 0 bridgehead atoms. The number of rotatable bonds is 9. The lowest BCUT2D eigenvalue weighted by Crippen LogP contribution is -2.19. The van der Waals surface area contributed by atoms with Gasteiger partial charge >= 0.3 is 5.97 Å². The molecule has 1 atom stereocenters. The number of carbonyl (C=O) groups is 1. The smallest absolute Gasteiger partial charge is 0.304 e. The Hall–Kier alpha value is -1.24. The summed E-state index contributed by atoms with van der Waals surface area (Å²) in [6, 6.07) is 3.89. The lowest BCUT2D eigenvalue weighted by atomic mass is 9.78. The van der Waals surface area contributed by atoms with Crippen LogP contribution < -0.4 is 0 Å². The molecule has 0 aromatic heterocycles. The van der Waals surface area contributed by atoms with Crippen molar-refractivity contribution in [3.05, 3.63) is 28.8 Å². The molecule has 0 saturated heterocycles. The van der Waals surface area contributed by atoms with Gasteiger partial charge in [0.05, 0.1) is 26.2 Å². The van der Waals surface area contributed by atoms with E-state index >= 15 is 0 Å². The second-order valence-corrected chi connectivity index (χ2v) is 10.1. The van der Waals surface area contributed by atoms with Gasteiger partial charge in [0.25, 0.3) is 0 Å². The van der Waals surface area contributed by atoms with Gasteiger partial charge in [-0.2, -0.15) is 11.8 Å². The van der Waals surface area contributed by atoms with Crippen LogP contribution in [-0.2, 0) is 20.4 Å². The van der Waals surface area contributed by atoms with Gasteiger partial charge in [-0.3, -0.25) is 4.79 Å². The topological polar surface area (TPSA) is 87.0 Å². The summed E-state index contributed by atoms with van der Waals surface area (Å²) < 4.78 is 5.29. The van der Waals surface area contributed by atoms with Crippen LogP contribution in [0.4, 0.5) is 0 Å². The van der Waals surface area contributed by atoms with Crippen LogP contribution in [-0.4, -0.2) is 46.9 Å². The average molecular weight is 399 g/mol. The molecular weight excluding hydrogens is 364 g/mol. The van der Waals surface area contributed by atoms with Crippen LogP contribution >= 0.6 is 11.8 Å². The van der Waals surface area contributed by atoms with E-state index in [-0.39, 0.29) is 35.7 Å². The third-order valence-corrected chi connectivity index (χ3v) is 5.51. The first-order valence-corrected chi connectivity index (χ1v) is 10.3. The summed E-state index contributed by atoms with van der Waals surface area (Å²) in [7, 11) is 0. The van der Waals surface area contributed by atoms with Crippen molar-refractivity contribution in [2.45, 2.75) is 64.0 Å². The van der Waals surface area contributed by atoms with E-state index in [0.717, 1.165) is 16.7 Å². The van der Waals surface area contributed by atoms with Gasteiger partial charge in [-0.15, -0.1) is 0 Å². The third kappa shape index (κ3) is 7.35. The lowest BCUT2D eigenvalue weighted by molar-refractivity contribution is -0.137. The molecule has 154 valence electrons. The number of phenolic OH excluding ortho intramolecular Hbond substituents is 1. The van der Waals surface area contributed by atoms with Crippen LogP contribution in [0.5, 0.6) is 5.75 Å². The van der Waals surface area contributed by atoms with Crippen molar-refractivity contribution in [2.75, 3.05) is 25.6 Å². The van der Waals surface area contributed by atoms with E-state index in [1.807, 2.05) is 53.7 Å². The minimum absolute atomic E-state index is 0.00259. The average Bonchev–Trinajstić information content (AvgIpc) is 2.51. The highest BCUT2D eigenvalue weighted by Crippen LogP contribution is 2.43. The Labute approximate surface area is 167 Å². The minimum Gasteiger partial charge on any atom is -0.507 e. The van der Waals surface area contributed by atoms with Gasteiger partial charge in [0.2, 0.25) is 0 Å². The van der Waals surface area contributed by atoms with E-state index in [0.29, 0.717) is 18.1 Å². The molecule has 1 rings (SSSR count). The van der Waals surface area contributed by atoms with E-state index in [1.54, 1.807) is 0 Å². The molecule has 5 nitrogen and oxygen atoms in total. The van der Waals surface area contributed by atoms with E-state index in [2.05, 4.69) is 0 Å². The number of carboxylic acids is 1. The van der Waals surface area contributed by atoms with Gasteiger partial charge in [-0.05, 0) is 27.5 Å². The third-order valence-electron chi connectivity index (χ3n) is 4.26. The Morgan fingerprint density at radius 1 is 1.07 bits per heavy atom. The van der Waals surface area contributed by atoms with Gasteiger partial charge < -0.3 is 20.1 Å². The van der Waals surface area contributed by atoms with Crippen molar-refractivity contribution in [3.63, 3.8) is 0 Å². The largest absolute Gasteiger partial charge is 0.507 e. The minimum atomic E-state index is -0.855. The SMILES string of the molecule is CC(C)(C)c1cc(C(CC(=O)O)SCCOCCO)cc(C(C)(C)C)c1O. The molecule has 3 N–H and O–H groups in total. The summed E-state index contributed by atoms with van der Waals surface area (Å²) in [5, 5.41) is 28.8. The Kier molecular flexibility index (Phi) is 8.64. The number of carboxylic acid groups (broad SMARTS) is 1. The summed E-state index contributed by atoms with van der Waals surface area (Å²) >= 11 is 1.53. The van der Waals surface area contributed by atoms with Gasteiger partial charge in [0.15, 0.2) is 0 Å². The van der Waals surface area contributed by atoms with Crippen LogP contribution in [0.1, 0.15) is 69.9 Å². The van der Waals surface area contributed by atoms with Gasteiger partial charge in [0, 0.05) is 11.0 Å². The number of aliphatic hydroxyl groups excluding tert-OH is 1. The van der Waals surface area contributed by atoms with Crippen LogP contribution in [0.2, 0.25) is 0 Å². The number of ether oxygens (including phenoxy) is 1. The number of hydrogen-bond donors (Lipinski definition) is 3. The van der Waals surface area contributed by atoms with Crippen molar-refractivity contribution in [1.82, 2.24) is 0 Å². The number of thioether (sulfide) groups is 1. The number of aliphatic hydroxyl groups is 1. The molecule has 1 unspecified atom stereocenters. The highest BCUT2D eigenvalue weighted by Gasteiger charge is 2.28. The van der Waals surface area contributed by atoms with Crippen LogP contribution in [0.15, 0.2) is 12.1 Å². The van der Waals surface area contributed by atoms with E-state index in [4.69, 9.17) is 9.84 Å². The zero-order valence-electron chi connectivity index (χ0n) is 17.3. The quantitative estimate of drug-likeness (QED) is 0.539. The van der Waals surface area contributed by atoms with Crippen molar-refractivity contribution in [1.29, 1.82) is 0 Å². The maximum Gasteiger partial charge on any atom is 0.304 e. The van der Waals surface area contributed by atoms with Crippen LogP contribution in [0, 0.1) is 0 Å². The molecule has 1 aromatic carbocycles. The van der Waals surface area contributed by atoms with Gasteiger partial charge in [-0.1, -0.05) is 53.7 Å². The Morgan fingerprint density at radius 2 is 1.59 bits per heavy atom. The summed E-state index contributed by atoms with van der Waals surface area (Å²) in [6.07, 6.45) is 0.00259. The molecule has 0 aliphatic rings. The molecule has 0 radical (unpaired) electrons. The number of phenols is 1. The number of benzene rings is 1. The normalized spacial score (nSPS) is 13.6. The molecule has 6 heteroatoms. The monoisotopic (exact) mass is 398 g/mol. The summed E-state index contributed by atoms with van der Waals surface area (Å²) in [5.74, 6) is 0.0738. The highest BCUT2D eigenvalue weighted by atomic mass is 32.2. The Bertz CT molecular complexity index is 593. The Morgan fingerprint density at radius 3 is 2.00 bits per heavy atom. The number of aromatic hydroxyl groups is 1. The lowest BCUT2D eigenvalue weighted by Gasteiger charge is -2.29. The number of hydrogen-bond acceptors (Lipinski definition) is 5. The van der Waals surface area contributed by atoms with Gasteiger partial charge in [0.1, 0.15) is 5.75 Å². The van der Waals surface area contributed by atoms with Gasteiger partial charge in [-0.25, -0.2) is 0 Å². The zero-order chi connectivity index (χ0) is 20.8. The van der Waals surface area contributed by atoms with Crippen LogP contribution in [0.25, 0.3) is 0 Å². The second-order valence-electron chi connectivity index (χ2n) is 8.76. The summed E-state index contributed by atoms with van der Waals surface area (Å²) in [5.41, 5.74) is 2.05. The molecule has 0 spiro atoms. The molecule has 0 fully saturated rings. The molecular formula is C21H34O5S. The molecule has 27 heavy (non-hydrogen) atoms. The summed E-state index contributed by atoms with van der Waals surface area (Å²) in [4.78, 5) is 11.4. The first-order valence-electron chi connectivity index (χ1n) is 9.27. The Balaban J connectivity index is 3.28. The highest BCUT2D eigenvalue weighted by molar-refractivity contribution is 7.99. The van der Waals surface area contributed by atoms with Crippen molar-refractivity contribution < 1.29 is 24.9 Å². The summed E-state index contributed by atoms with van der Waals surface area (Å²) in [6.45, 7) is 13.0. The van der Waals surface area contributed by atoms with E-state index in [1.165, 1.54) is 11.8 Å². The molecule has 0 aliphatic carbocycles. The molecule has 0 heterocycles. The zero-order valence-corrected chi connectivity index (χ0v) is 18.2. The fourth-order valence-corrected chi connectivity index (χ4v) is 3.92.